The summed E-state index contributed by atoms with van der Waals surface area (Å²) in [5, 5.41) is 6.44. The van der Waals surface area contributed by atoms with E-state index in [1.807, 2.05) is 24.3 Å². The molecule has 0 N–H and O–H groups in total. The second kappa shape index (κ2) is 7.04. The zero-order valence-electron chi connectivity index (χ0n) is 15.5. The summed E-state index contributed by atoms with van der Waals surface area (Å²) in [7, 11) is 0. The highest BCUT2D eigenvalue weighted by Gasteiger charge is 2.18. The van der Waals surface area contributed by atoms with Crippen LogP contribution in [0.2, 0.25) is 0 Å². The van der Waals surface area contributed by atoms with Gasteiger partial charge in [-0.2, -0.15) is 5.10 Å². The van der Waals surface area contributed by atoms with Crippen molar-refractivity contribution in [1.82, 2.24) is 14.7 Å². The largest absolute Gasteiger partial charge is 0.284 e. The Bertz CT molecular complexity index is 967. The summed E-state index contributed by atoms with van der Waals surface area (Å²) in [5.41, 5.74) is 3.14. The van der Waals surface area contributed by atoms with E-state index in [2.05, 4.69) is 43.0 Å². The number of benzene rings is 2. The van der Waals surface area contributed by atoms with Crippen LogP contribution in [0.15, 0.2) is 53.3 Å². The van der Waals surface area contributed by atoms with Crippen molar-refractivity contribution in [3.63, 3.8) is 0 Å². The summed E-state index contributed by atoms with van der Waals surface area (Å²) in [6.07, 6.45) is 2.38. The average molecular weight is 347 g/mol. The van der Waals surface area contributed by atoms with E-state index >= 15 is 0 Å². The van der Waals surface area contributed by atoms with Crippen molar-refractivity contribution in [3.05, 3.63) is 64.4 Å². The van der Waals surface area contributed by atoms with Crippen LogP contribution in [0.5, 0.6) is 0 Å². The highest BCUT2D eigenvalue weighted by Crippen LogP contribution is 2.25. The molecule has 4 heteroatoms. The number of fused-ring (bicyclic) bond motifs is 1. The monoisotopic (exact) mass is 347 g/mol. The minimum absolute atomic E-state index is 0.00455. The van der Waals surface area contributed by atoms with Crippen molar-refractivity contribution in [1.29, 1.82) is 0 Å². The van der Waals surface area contributed by atoms with Crippen molar-refractivity contribution >= 4 is 10.8 Å². The Kier molecular flexibility index (Phi) is 4.60. The number of nitrogens with zero attached hydrogens (tertiary/aromatic N) is 3. The standard InChI is InChI=1S/C22H25N3O/c1-16-7-9-18(10-8-16)21-19-5-3-4-6-20(19)22(26)25(23-21)15-24-13-11-17(2)12-14-24/h3-10,17H,11-15H2,1-2H3. The molecule has 1 aliphatic heterocycles. The van der Waals surface area contributed by atoms with E-state index in [0.717, 1.165) is 41.0 Å². The third kappa shape index (κ3) is 3.29. The van der Waals surface area contributed by atoms with Crippen LogP contribution in [0.4, 0.5) is 0 Å². The number of hydrogen-bond donors (Lipinski definition) is 0. The van der Waals surface area contributed by atoms with Crippen LogP contribution in [-0.4, -0.2) is 27.8 Å². The van der Waals surface area contributed by atoms with Crippen LogP contribution in [0, 0.1) is 12.8 Å². The van der Waals surface area contributed by atoms with Gasteiger partial charge < -0.3 is 0 Å². The van der Waals surface area contributed by atoms with E-state index in [-0.39, 0.29) is 5.56 Å². The predicted molar refractivity (Wildman–Crippen MR) is 106 cm³/mol. The fourth-order valence-corrected chi connectivity index (χ4v) is 3.65. The van der Waals surface area contributed by atoms with Crippen molar-refractivity contribution in [2.75, 3.05) is 13.1 Å². The molecular weight excluding hydrogens is 322 g/mol. The Labute approximate surface area is 154 Å². The number of hydrogen-bond acceptors (Lipinski definition) is 3. The Morgan fingerprint density at radius 1 is 1.00 bits per heavy atom. The molecule has 0 bridgehead atoms. The van der Waals surface area contributed by atoms with E-state index in [9.17, 15) is 4.79 Å². The molecule has 1 aliphatic rings. The van der Waals surface area contributed by atoms with Gasteiger partial charge in [0.25, 0.3) is 5.56 Å². The van der Waals surface area contributed by atoms with E-state index in [1.54, 1.807) is 4.68 Å². The molecule has 1 aromatic heterocycles. The highest BCUT2D eigenvalue weighted by atomic mass is 16.1. The molecule has 134 valence electrons. The van der Waals surface area contributed by atoms with Crippen LogP contribution >= 0.6 is 0 Å². The molecule has 0 unspecified atom stereocenters. The molecule has 0 spiro atoms. The number of aromatic nitrogens is 2. The smallest absolute Gasteiger partial charge is 0.275 e. The van der Waals surface area contributed by atoms with Gasteiger partial charge in [-0.05, 0) is 31.7 Å². The maximum atomic E-state index is 13.0. The molecule has 3 aromatic rings. The molecule has 2 heterocycles. The van der Waals surface area contributed by atoms with Gasteiger partial charge in [-0.15, -0.1) is 0 Å². The van der Waals surface area contributed by atoms with Crippen LogP contribution in [0.1, 0.15) is 25.3 Å². The second-order valence-electron chi connectivity index (χ2n) is 7.51. The fraction of sp³-hybridized carbons (Fsp3) is 0.364. The zero-order chi connectivity index (χ0) is 18.1. The molecule has 2 aromatic carbocycles. The number of piperidine rings is 1. The average Bonchev–Trinajstić information content (AvgIpc) is 2.67. The van der Waals surface area contributed by atoms with Gasteiger partial charge in [0.15, 0.2) is 0 Å². The molecule has 0 aliphatic carbocycles. The molecule has 26 heavy (non-hydrogen) atoms. The molecule has 1 fully saturated rings. The Balaban J connectivity index is 1.79. The van der Waals surface area contributed by atoms with E-state index < -0.39 is 0 Å². The minimum atomic E-state index is -0.00455. The summed E-state index contributed by atoms with van der Waals surface area (Å²) < 4.78 is 1.65. The zero-order valence-corrected chi connectivity index (χ0v) is 15.5. The molecular formula is C22H25N3O. The lowest BCUT2D eigenvalue weighted by molar-refractivity contribution is 0.144. The van der Waals surface area contributed by atoms with E-state index in [0.29, 0.717) is 6.67 Å². The van der Waals surface area contributed by atoms with Gasteiger partial charge >= 0.3 is 0 Å². The first kappa shape index (κ1) is 17.0. The summed E-state index contributed by atoms with van der Waals surface area (Å²) in [5.74, 6) is 0.774. The van der Waals surface area contributed by atoms with Gasteiger partial charge in [0.1, 0.15) is 0 Å². The van der Waals surface area contributed by atoms with Crippen molar-refractivity contribution < 1.29 is 0 Å². The lowest BCUT2D eigenvalue weighted by Gasteiger charge is -2.30. The van der Waals surface area contributed by atoms with Crippen molar-refractivity contribution in [2.45, 2.75) is 33.4 Å². The minimum Gasteiger partial charge on any atom is -0.284 e. The molecule has 4 nitrogen and oxygen atoms in total. The molecule has 0 radical (unpaired) electrons. The third-order valence-electron chi connectivity index (χ3n) is 5.40. The fourth-order valence-electron chi connectivity index (χ4n) is 3.65. The van der Waals surface area contributed by atoms with Crippen LogP contribution in [0.3, 0.4) is 0 Å². The molecule has 0 atom stereocenters. The SMILES string of the molecule is Cc1ccc(-c2nn(CN3CCC(C)CC3)c(=O)c3ccccc23)cc1. The van der Waals surface area contributed by atoms with E-state index in [4.69, 9.17) is 5.10 Å². The lowest BCUT2D eigenvalue weighted by Crippen LogP contribution is -2.38. The van der Waals surface area contributed by atoms with Gasteiger partial charge in [0.05, 0.1) is 17.7 Å². The first-order chi connectivity index (χ1) is 12.6. The summed E-state index contributed by atoms with van der Waals surface area (Å²) >= 11 is 0. The molecule has 4 rings (SSSR count). The van der Waals surface area contributed by atoms with Crippen LogP contribution in [0.25, 0.3) is 22.0 Å². The molecule has 1 saturated heterocycles. The second-order valence-corrected chi connectivity index (χ2v) is 7.51. The quantitative estimate of drug-likeness (QED) is 0.717. The Morgan fingerprint density at radius 3 is 2.35 bits per heavy atom. The number of rotatable bonds is 3. The Morgan fingerprint density at radius 2 is 1.65 bits per heavy atom. The normalized spacial score (nSPS) is 16.2. The summed E-state index contributed by atoms with van der Waals surface area (Å²) in [4.78, 5) is 15.3. The molecule has 0 amide bonds. The van der Waals surface area contributed by atoms with Gasteiger partial charge in [0, 0.05) is 24.0 Å². The maximum Gasteiger partial charge on any atom is 0.275 e. The summed E-state index contributed by atoms with van der Waals surface area (Å²) in [6, 6.07) is 16.1. The van der Waals surface area contributed by atoms with Crippen molar-refractivity contribution in [3.8, 4) is 11.3 Å². The van der Waals surface area contributed by atoms with E-state index in [1.165, 1.54) is 18.4 Å². The van der Waals surface area contributed by atoms with Crippen molar-refractivity contribution in [2.24, 2.45) is 5.92 Å². The summed E-state index contributed by atoms with van der Waals surface area (Å²) in [6.45, 7) is 7.00. The Hall–Kier alpha value is -2.46. The third-order valence-corrected chi connectivity index (χ3v) is 5.40. The number of likely N-dealkylation sites (tertiary alicyclic amines) is 1. The van der Waals surface area contributed by atoms with Crippen LogP contribution in [-0.2, 0) is 6.67 Å². The number of aryl methyl sites for hydroxylation is 1. The van der Waals surface area contributed by atoms with Gasteiger partial charge in [-0.1, -0.05) is 55.0 Å². The maximum absolute atomic E-state index is 13.0. The first-order valence-electron chi connectivity index (χ1n) is 9.41. The highest BCUT2D eigenvalue weighted by molar-refractivity contribution is 5.93. The van der Waals surface area contributed by atoms with Gasteiger partial charge in [-0.25, -0.2) is 4.68 Å². The topological polar surface area (TPSA) is 38.1 Å². The molecule has 0 saturated carbocycles. The van der Waals surface area contributed by atoms with Crippen LogP contribution < -0.4 is 5.56 Å². The van der Waals surface area contributed by atoms with Gasteiger partial charge in [0.2, 0.25) is 0 Å². The lowest BCUT2D eigenvalue weighted by atomic mass is 10.00. The van der Waals surface area contributed by atoms with Gasteiger partial charge in [-0.3, -0.25) is 9.69 Å². The predicted octanol–water partition coefficient (Wildman–Crippen LogP) is 4.06. The first-order valence-corrected chi connectivity index (χ1v) is 9.41.